The zero-order valence-corrected chi connectivity index (χ0v) is 13.6. The van der Waals surface area contributed by atoms with Crippen molar-refractivity contribution in [1.82, 2.24) is 20.4 Å². The molecule has 0 aliphatic carbocycles. The first-order valence-electron chi connectivity index (χ1n) is 7.88. The summed E-state index contributed by atoms with van der Waals surface area (Å²) < 4.78 is 1.78. The molecule has 23 heavy (non-hydrogen) atoms. The van der Waals surface area contributed by atoms with Crippen LogP contribution >= 0.6 is 0 Å². The summed E-state index contributed by atoms with van der Waals surface area (Å²) in [5, 5.41) is 18.8. The van der Waals surface area contributed by atoms with Gasteiger partial charge in [0, 0.05) is 25.0 Å². The highest BCUT2D eigenvalue weighted by Gasteiger charge is 2.12. The number of aromatic nitrogens is 2. The maximum Gasteiger partial charge on any atom is 0.315 e. The lowest BCUT2D eigenvalue weighted by atomic mass is 10.1. The number of nitrogens with zero attached hydrogens (tertiary/aromatic N) is 2. The van der Waals surface area contributed by atoms with E-state index in [4.69, 9.17) is 5.11 Å². The predicted molar refractivity (Wildman–Crippen MR) is 89.4 cm³/mol. The number of hydrogen-bond acceptors (Lipinski definition) is 3. The number of urea groups is 1. The normalized spacial score (nSPS) is 13.3. The molecule has 6 heteroatoms. The number of amides is 2. The van der Waals surface area contributed by atoms with Gasteiger partial charge in [0.1, 0.15) is 0 Å². The van der Waals surface area contributed by atoms with Crippen molar-refractivity contribution in [3.63, 3.8) is 0 Å². The average molecular weight is 316 g/mol. The summed E-state index contributed by atoms with van der Waals surface area (Å²) in [7, 11) is 0. The van der Waals surface area contributed by atoms with Gasteiger partial charge < -0.3 is 15.7 Å². The third-order valence-corrected chi connectivity index (χ3v) is 3.66. The van der Waals surface area contributed by atoms with Gasteiger partial charge in [0.15, 0.2) is 0 Å². The second kappa shape index (κ2) is 8.33. The molecule has 0 bridgehead atoms. The number of nitrogens with one attached hydrogen (secondary N) is 2. The van der Waals surface area contributed by atoms with E-state index < -0.39 is 0 Å². The Hall–Kier alpha value is -2.34. The van der Waals surface area contributed by atoms with Crippen molar-refractivity contribution in [2.75, 3.05) is 6.61 Å². The van der Waals surface area contributed by atoms with Gasteiger partial charge >= 0.3 is 6.03 Å². The van der Waals surface area contributed by atoms with Crippen LogP contribution in [0.2, 0.25) is 0 Å². The molecule has 124 valence electrons. The van der Waals surface area contributed by atoms with E-state index in [1.165, 1.54) is 0 Å². The van der Waals surface area contributed by atoms with Gasteiger partial charge in [-0.15, -0.1) is 0 Å². The van der Waals surface area contributed by atoms with Crippen LogP contribution in [0, 0.1) is 0 Å². The lowest BCUT2D eigenvalue weighted by Crippen LogP contribution is -2.41. The first kappa shape index (κ1) is 17.0. The van der Waals surface area contributed by atoms with Crippen molar-refractivity contribution in [3.05, 3.63) is 48.3 Å². The van der Waals surface area contributed by atoms with E-state index in [-0.39, 0.29) is 24.7 Å². The largest absolute Gasteiger partial charge is 0.396 e. The minimum Gasteiger partial charge on any atom is -0.396 e. The highest BCUT2D eigenvalue weighted by molar-refractivity contribution is 5.74. The number of aliphatic hydroxyl groups excluding tert-OH is 1. The Morgan fingerprint density at radius 2 is 2.13 bits per heavy atom. The molecular formula is C17H24N4O2. The van der Waals surface area contributed by atoms with Crippen LogP contribution in [0.15, 0.2) is 42.7 Å². The monoisotopic (exact) mass is 316 g/mol. The molecule has 0 spiro atoms. The zero-order chi connectivity index (χ0) is 16.7. The van der Waals surface area contributed by atoms with Gasteiger partial charge in [-0.25, -0.2) is 9.48 Å². The van der Waals surface area contributed by atoms with E-state index in [1.807, 2.05) is 50.4 Å². The standard InChI is InChI=1S/C17H24N4O2/c1-13(6-4-11-22)19-17(23)20-14(2)15-7-3-8-16(12-15)21-10-5-9-18-21/h3,5,7-10,12-14,22H,4,6,11H2,1-2H3,(H2,19,20,23). The molecule has 2 aromatic rings. The third kappa shape index (κ3) is 5.10. The predicted octanol–water partition coefficient (Wildman–Crippen LogP) is 2.39. The van der Waals surface area contributed by atoms with Gasteiger partial charge in [-0.05, 0) is 50.5 Å². The Morgan fingerprint density at radius 1 is 1.30 bits per heavy atom. The lowest BCUT2D eigenvalue weighted by molar-refractivity contribution is 0.231. The highest BCUT2D eigenvalue weighted by Crippen LogP contribution is 2.16. The van der Waals surface area contributed by atoms with Gasteiger partial charge in [-0.3, -0.25) is 0 Å². The van der Waals surface area contributed by atoms with E-state index in [0.29, 0.717) is 6.42 Å². The van der Waals surface area contributed by atoms with Crippen LogP contribution in [0.25, 0.3) is 5.69 Å². The SMILES string of the molecule is CC(CCCO)NC(=O)NC(C)c1cccc(-n2cccn2)c1. The molecule has 1 aromatic heterocycles. The molecule has 3 N–H and O–H groups in total. The summed E-state index contributed by atoms with van der Waals surface area (Å²) in [5.74, 6) is 0. The molecule has 0 saturated heterocycles. The van der Waals surface area contributed by atoms with E-state index >= 15 is 0 Å². The maximum atomic E-state index is 12.0. The molecule has 0 saturated carbocycles. The first-order valence-corrected chi connectivity index (χ1v) is 7.88. The van der Waals surface area contributed by atoms with E-state index in [0.717, 1.165) is 17.7 Å². The summed E-state index contributed by atoms with van der Waals surface area (Å²) in [6.45, 7) is 4.02. The van der Waals surface area contributed by atoms with Crippen LogP contribution in [0.1, 0.15) is 38.3 Å². The maximum absolute atomic E-state index is 12.0. The number of rotatable bonds is 7. The molecular weight excluding hydrogens is 292 g/mol. The molecule has 0 aliphatic rings. The number of carbonyl (C=O) groups excluding carboxylic acids is 1. The van der Waals surface area contributed by atoms with E-state index in [1.54, 1.807) is 10.9 Å². The van der Waals surface area contributed by atoms with Crippen LogP contribution < -0.4 is 10.6 Å². The van der Waals surface area contributed by atoms with Crippen molar-refractivity contribution in [2.24, 2.45) is 0 Å². The van der Waals surface area contributed by atoms with Crippen molar-refractivity contribution >= 4 is 6.03 Å². The molecule has 2 amide bonds. The van der Waals surface area contributed by atoms with Crippen LogP contribution in [-0.2, 0) is 0 Å². The summed E-state index contributed by atoms with van der Waals surface area (Å²) in [6, 6.07) is 9.50. The van der Waals surface area contributed by atoms with Gasteiger partial charge in [-0.1, -0.05) is 12.1 Å². The minimum atomic E-state index is -0.201. The summed E-state index contributed by atoms with van der Waals surface area (Å²) in [6.07, 6.45) is 5.05. The molecule has 2 atom stereocenters. The van der Waals surface area contributed by atoms with Crippen molar-refractivity contribution < 1.29 is 9.90 Å². The van der Waals surface area contributed by atoms with E-state index in [2.05, 4.69) is 15.7 Å². The highest BCUT2D eigenvalue weighted by atomic mass is 16.3. The second-order valence-corrected chi connectivity index (χ2v) is 5.65. The molecule has 0 radical (unpaired) electrons. The smallest absolute Gasteiger partial charge is 0.315 e. The van der Waals surface area contributed by atoms with Gasteiger partial charge in [0.05, 0.1) is 11.7 Å². The molecule has 2 rings (SSSR count). The fourth-order valence-electron chi connectivity index (χ4n) is 2.37. The Bertz CT molecular complexity index is 613. The number of carbonyl (C=O) groups is 1. The number of benzene rings is 1. The molecule has 0 aliphatic heterocycles. The summed E-state index contributed by atoms with van der Waals surface area (Å²) in [4.78, 5) is 12.0. The van der Waals surface area contributed by atoms with Crippen LogP contribution in [-0.4, -0.2) is 33.6 Å². The van der Waals surface area contributed by atoms with Crippen molar-refractivity contribution in [2.45, 2.75) is 38.8 Å². The Kier molecular flexibility index (Phi) is 6.17. The molecule has 0 fully saturated rings. The number of aliphatic hydroxyl groups is 1. The van der Waals surface area contributed by atoms with Gasteiger partial charge in [0.2, 0.25) is 0 Å². The third-order valence-electron chi connectivity index (χ3n) is 3.66. The fourth-order valence-corrected chi connectivity index (χ4v) is 2.37. The van der Waals surface area contributed by atoms with Crippen LogP contribution in [0.4, 0.5) is 4.79 Å². The molecule has 1 heterocycles. The molecule has 2 unspecified atom stereocenters. The van der Waals surface area contributed by atoms with Crippen LogP contribution in [0.5, 0.6) is 0 Å². The first-order chi connectivity index (χ1) is 11.1. The Labute approximate surface area is 136 Å². The molecule has 6 nitrogen and oxygen atoms in total. The average Bonchev–Trinajstić information content (AvgIpc) is 3.07. The quantitative estimate of drug-likeness (QED) is 0.734. The minimum absolute atomic E-state index is 0.0322. The lowest BCUT2D eigenvalue weighted by Gasteiger charge is -2.19. The van der Waals surface area contributed by atoms with E-state index in [9.17, 15) is 4.79 Å². The fraction of sp³-hybridized carbons (Fsp3) is 0.412. The Balaban J connectivity index is 1.94. The van der Waals surface area contributed by atoms with Gasteiger partial charge in [-0.2, -0.15) is 5.10 Å². The Morgan fingerprint density at radius 3 is 2.83 bits per heavy atom. The summed E-state index contributed by atoms with van der Waals surface area (Å²) >= 11 is 0. The van der Waals surface area contributed by atoms with Crippen molar-refractivity contribution in [3.8, 4) is 5.69 Å². The van der Waals surface area contributed by atoms with Crippen LogP contribution in [0.3, 0.4) is 0 Å². The topological polar surface area (TPSA) is 79.2 Å². The summed E-state index contributed by atoms with van der Waals surface area (Å²) in [5.41, 5.74) is 1.97. The zero-order valence-electron chi connectivity index (χ0n) is 13.6. The number of hydrogen-bond donors (Lipinski definition) is 3. The molecule has 1 aromatic carbocycles. The van der Waals surface area contributed by atoms with Crippen molar-refractivity contribution in [1.29, 1.82) is 0 Å². The van der Waals surface area contributed by atoms with Gasteiger partial charge in [0.25, 0.3) is 0 Å². The second-order valence-electron chi connectivity index (χ2n) is 5.65.